The number of nitrogens with zero attached hydrogens (tertiary/aromatic N) is 6. The Morgan fingerprint density at radius 2 is 2.07 bits per heavy atom. The molecule has 3 heterocycles. The van der Waals surface area contributed by atoms with E-state index in [9.17, 15) is 4.79 Å². The van der Waals surface area contributed by atoms with Crippen LogP contribution in [-0.4, -0.2) is 41.6 Å². The highest BCUT2D eigenvalue weighted by atomic mass is 32.2. The summed E-state index contributed by atoms with van der Waals surface area (Å²) in [7, 11) is 1.87. The minimum Gasteiger partial charge on any atom is -0.304 e. The summed E-state index contributed by atoms with van der Waals surface area (Å²) in [6.45, 7) is 0. The number of carbonyl (C=O) groups excluding carboxylic acids is 1. The predicted molar refractivity (Wildman–Crippen MR) is 109 cm³/mol. The second-order valence-electron chi connectivity index (χ2n) is 6.70. The highest BCUT2D eigenvalue weighted by Crippen LogP contribution is 2.35. The van der Waals surface area contributed by atoms with E-state index in [4.69, 9.17) is 0 Å². The number of thioether (sulfide) groups is 1. The van der Waals surface area contributed by atoms with Crippen molar-refractivity contribution in [2.75, 3.05) is 11.1 Å². The van der Waals surface area contributed by atoms with E-state index >= 15 is 0 Å². The Kier molecular flexibility index (Phi) is 5.96. The van der Waals surface area contributed by atoms with Gasteiger partial charge < -0.3 is 4.57 Å². The second kappa shape index (κ2) is 8.78. The topological polar surface area (TPSA) is 98.5 Å². The first-order chi connectivity index (χ1) is 13.7. The van der Waals surface area contributed by atoms with Crippen LogP contribution in [0.4, 0.5) is 5.13 Å². The number of rotatable bonds is 6. The lowest BCUT2D eigenvalue weighted by Crippen LogP contribution is -2.14. The number of amides is 1. The molecule has 1 N–H and O–H groups in total. The van der Waals surface area contributed by atoms with Crippen LogP contribution < -0.4 is 5.32 Å². The Balaban J connectivity index is 1.33. The molecule has 4 rings (SSSR count). The Morgan fingerprint density at radius 1 is 1.21 bits per heavy atom. The summed E-state index contributed by atoms with van der Waals surface area (Å²) in [6, 6.07) is 5.64. The maximum absolute atomic E-state index is 12.3. The third-order valence-corrected chi connectivity index (χ3v) is 6.72. The molecule has 0 spiro atoms. The van der Waals surface area contributed by atoms with Crippen molar-refractivity contribution in [3.05, 3.63) is 29.4 Å². The molecule has 146 valence electrons. The summed E-state index contributed by atoms with van der Waals surface area (Å²) in [5.41, 5.74) is 0.748. The molecule has 0 aliphatic heterocycles. The van der Waals surface area contributed by atoms with Crippen molar-refractivity contribution in [2.24, 2.45) is 7.05 Å². The minimum absolute atomic E-state index is 0.126. The second-order valence-corrected chi connectivity index (χ2v) is 8.65. The van der Waals surface area contributed by atoms with Gasteiger partial charge >= 0.3 is 0 Å². The zero-order valence-corrected chi connectivity index (χ0v) is 17.2. The molecule has 10 heteroatoms. The van der Waals surface area contributed by atoms with Crippen LogP contribution in [-0.2, 0) is 11.8 Å². The SMILES string of the molecule is Cn1c(SCC(=O)Nc2nnc(C3CCCCC3)s2)nnc1-c1ccccn1. The van der Waals surface area contributed by atoms with E-state index in [1.807, 2.05) is 29.8 Å². The molecule has 0 aromatic carbocycles. The molecule has 1 fully saturated rings. The first-order valence-electron chi connectivity index (χ1n) is 9.27. The number of pyridine rings is 1. The van der Waals surface area contributed by atoms with Crippen LogP contribution in [0, 0.1) is 0 Å². The van der Waals surface area contributed by atoms with Crippen LogP contribution in [0.15, 0.2) is 29.6 Å². The molecular weight excluding hydrogens is 394 g/mol. The molecule has 1 aliphatic rings. The number of anilines is 1. The first kappa shape index (κ1) is 19.0. The number of carbonyl (C=O) groups is 1. The summed E-state index contributed by atoms with van der Waals surface area (Å²) in [6.07, 6.45) is 7.86. The summed E-state index contributed by atoms with van der Waals surface area (Å²) in [4.78, 5) is 16.6. The molecule has 3 aromatic rings. The zero-order chi connectivity index (χ0) is 19.3. The number of aromatic nitrogens is 6. The van der Waals surface area contributed by atoms with Crippen LogP contribution >= 0.6 is 23.1 Å². The molecule has 3 aromatic heterocycles. The fourth-order valence-corrected chi connectivity index (χ4v) is 4.88. The van der Waals surface area contributed by atoms with Crippen molar-refractivity contribution in [1.29, 1.82) is 0 Å². The van der Waals surface area contributed by atoms with Gasteiger partial charge in [-0.2, -0.15) is 0 Å². The van der Waals surface area contributed by atoms with E-state index in [0.29, 0.717) is 22.0 Å². The molecule has 0 radical (unpaired) electrons. The van der Waals surface area contributed by atoms with Gasteiger partial charge in [0.05, 0.1) is 5.75 Å². The fraction of sp³-hybridized carbons (Fsp3) is 0.444. The number of hydrogen-bond donors (Lipinski definition) is 1. The smallest absolute Gasteiger partial charge is 0.236 e. The van der Waals surface area contributed by atoms with Crippen LogP contribution in [0.3, 0.4) is 0 Å². The summed E-state index contributed by atoms with van der Waals surface area (Å²) in [5, 5.41) is 21.9. The highest BCUT2D eigenvalue weighted by Gasteiger charge is 2.20. The predicted octanol–water partition coefficient (Wildman–Crippen LogP) is 3.51. The van der Waals surface area contributed by atoms with Gasteiger partial charge in [-0.25, -0.2) is 0 Å². The Bertz CT molecular complexity index is 935. The minimum atomic E-state index is -0.126. The van der Waals surface area contributed by atoms with E-state index in [2.05, 4.69) is 30.7 Å². The van der Waals surface area contributed by atoms with E-state index in [1.54, 1.807) is 6.20 Å². The van der Waals surface area contributed by atoms with Gasteiger partial charge in [0.1, 0.15) is 10.7 Å². The molecule has 1 saturated carbocycles. The molecule has 1 amide bonds. The largest absolute Gasteiger partial charge is 0.304 e. The van der Waals surface area contributed by atoms with Crippen molar-refractivity contribution >= 4 is 34.1 Å². The van der Waals surface area contributed by atoms with Gasteiger partial charge in [-0.05, 0) is 25.0 Å². The molecule has 0 bridgehead atoms. The van der Waals surface area contributed by atoms with Crippen molar-refractivity contribution < 1.29 is 4.79 Å². The van der Waals surface area contributed by atoms with Crippen LogP contribution in [0.5, 0.6) is 0 Å². The summed E-state index contributed by atoms with van der Waals surface area (Å²) < 4.78 is 1.84. The fourth-order valence-electron chi connectivity index (χ4n) is 3.24. The summed E-state index contributed by atoms with van der Waals surface area (Å²) >= 11 is 2.82. The van der Waals surface area contributed by atoms with Gasteiger partial charge in [0.15, 0.2) is 11.0 Å². The van der Waals surface area contributed by atoms with Gasteiger partial charge in [0.2, 0.25) is 11.0 Å². The summed E-state index contributed by atoms with van der Waals surface area (Å²) in [5.74, 6) is 1.27. The van der Waals surface area contributed by atoms with Gasteiger partial charge in [-0.3, -0.25) is 15.1 Å². The normalized spacial score (nSPS) is 14.9. The Hall–Kier alpha value is -2.33. The number of hydrogen-bond acceptors (Lipinski definition) is 8. The monoisotopic (exact) mass is 415 g/mol. The standard InChI is InChI=1S/C18H21N7OS2/c1-25-15(13-9-5-6-10-19-13)21-24-18(25)27-11-14(26)20-17-23-22-16(28-17)12-7-3-2-4-8-12/h5-6,9-10,12H,2-4,7-8,11H2,1H3,(H,20,23,26). The maximum atomic E-state index is 12.3. The zero-order valence-electron chi connectivity index (χ0n) is 15.5. The van der Waals surface area contributed by atoms with Crippen molar-refractivity contribution in [2.45, 2.75) is 43.2 Å². The molecule has 8 nitrogen and oxygen atoms in total. The molecule has 0 unspecified atom stereocenters. The van der Waals surface area contributed by atoms with Crippen LogP contribution in [0.25, 0.3) is 11.5 Å². The van der Waals surface area contributed by atoms with Crippen LogP contribution in [0.2, 0.25) is 0 Å². The average Bonchev–Trinajstić information content (AvgIpc) is 3.34. The maximum Gasteiger partial charge on any atom is 0.236 e. The highest BCUT2D eigenvalue weighted by molar-refractivity contribution is 7.99. The Morgan fingerprint density at radius 3 is 2.86 bits per heavy atom. The average molecular weight is 416 g/mol. The molecule has 28 heavy (non-hydrogen) atoms. The quantitative estimate of drug-likeness (QED) is 0.615. The third kappa shape index (κ3) is 4.39. The van der Waals surface area contributed by atoms with Crippen LogP contribution in [0.1, 0.15) is 43.0 Å². The molecule has 0 atom stereocenters. The van der Waals surface area contributed by atoms with Crippen molar-refractivity contribution in [1.82, 2.24) is 29.9 Å². The van der Waals surface area contributed by atoms with Gasteiger partial charge in [-0.1, -0.05) is 48.4 Å². The van der Waals surface area contributed by atoms with E-state index in [1.165, 1.54) is 55.2 Å². The lowest BCUT2D eigenvalue weighted by molar-refractivity contribution is -0.113. The van der Waals surface area contributed by atoms with Crippen molar-refractivity contribution in [3.63, 3.8) is 0 Å². The van der Waals surface area contributed by atoms with Gasteiger partial charge in [-0.15, -0.1) is 20.4 Å². The van der Waals surface area contributed by atoms with Gasteiger partial charge in [0.25, 0.3) is 0 Å². The number of nitrogens with one attached hydrogen (secondary N) is 1. The molecule has 0 saturated heterocycles. The van der Waals surface area contributed by atoms with E-state index in [-0.39, 0.29) is 11.7 Å². The van der Waals surface area contributed by atoms with Gasteiger partial charge in [0, 0.05) is 19.2 Å². The Labute approximate surface area is 171 Å². The lowest BCUT2D eigenvalue weighted by Gasteiger charge is -2.18. The molecule has 1 aliphatic carbocycles. The molecular formula is C18H21N7OS2. The lowest BCUT2D eigenvalue weighted by atomic mass is 9.90. The van der Waals surface area contributed by atoms with Crippen molar-refractivity contribution in [3.8, 4) is 11.5 Å². The first-order valence-corrected chi connectivity index (χ1v) is 11.1. The van der Waals surface area contributed by atoms with E-state index < -0.39 is 0 Å². The van der Waals surface area contributed by atoms with E-state index in [0.717, 1.165) is 10.7 Å². The third-order valence-electron chi connectivity index (χ3n) is 4.70.